The molecule has 0 fully saturated rings. The lowest BCUT2D eigenvalue weighted by molar-refractivity contribution is 0.0693. The number of carboxylic acids is 1. The summed E-state index contributed by atoms with van der Waals surface area (Å²) < 4.78 is 0. The average molecular weight is 396 g/mol. The van der Waals surface area contributed by atoms with E-state index in [1.807, 2.05) is 17.5 Å². The third-order valence-electron chi connectivity index (χ3n) is 3.23. The highest BCUT2D eigenvalue weighted by atomic mass is 35.5. The molecule has 0 aliphatic rings. The zero-order chi connectivity index (χ0) is 17.1. The zero-order valence-corrected chi connectivity index (χ0v) is 15.3. The van der Waals surface area contributed by atoms with Crippen molar-refractivity contribution in [1.29, 1.82) is 0 Å². The zero-order valence-electron chi connectivity index (χ0n) is 12.2. The summed E-state index contributed by atoms with van der Waals surface area (Å²) >= 11 is 15.1. The summed E-state index contributed by atoms with van der Waals surface area (Å²) in [6.07, 6.45) is 0. The fourth-order valence-corrected chi connectivity index (χ4v) is 4.47. The number of thioether (sulfide) groups is 1. The number of hydrogen-bond donors (Lipinski definition) is 1. The summed E-state index contributed by atoms with van der Waals surface area (Å²) in [6.45, 7) is 0. The SMILES string of the molecule is O=C(O)c1ccccc1SCc1nc(-c2ccc(Cl)cc2Cl)cs1. The molecular formula is C17H11Cl2NO2S2. The fourth-order valence-electron chi connectivity index (χ4n) is 2.11. The monoisotopic (exact) mass is 395 g/mol. The lowest BCUT2D eigenvalue weighted by atomic mass is 10.2. The van der Waals surface area contributed by atoms with Gasteiger partial charge in [0.1, 0.15) is 5.01 Å². The van der Waals surface area contributed by atoms with Crippen LogP contribution in [0.2, 0.25) is 10.0 Å². The molecule has 24 heavy (non-hydrogen) atoms. The summed E-state index contributed by atoms with van der Waals surface area (Å²) in [4.78, 5) is 16.5. The molecule has 1 N–H and O–H groups in total. The standard InChI is InChI=1S/C17H11Cl2NO2S2/c18-10-5-6-11(13(19)7-10)14-8-24-16(20-14)9-23-15-4-2-1-3-12(15)17(21)22/h1-8H,9H2,(H,21,22). The van der Waals surface area contributed by atoms with E-state index in [-0.39, 0.29) is 0 Å². The van der Waals surface area contributed by atoms with Gasteiger partial charge >= 0.3 is 5.97 Å². The van der Waals surface area contributed by atoms with Crippen LogP contribution < -0.4 is 0 Å². The van der Waals surface area contributed by atoms with E-state index in [2.05, 4.69) is 4.98 Å². The van der Waals surface area contributed by atoms with Gasteiger partial charge < -0.3 is 5.11 Å². The van der Waals surface area contributed by atoms with Crippen LogP contribution in [0.15, 0.2) is 52.7 Å². The minimum absolute atomic E-state index is 0.306. The molecule has 0 radical (unpaired) electrons. The first-order chi connectivity index (χ1) is 11.5. The van der Waals surface area contributed by atoms with Gasteiger partial charge in [0.15, 0.2) is 0 Å². The largest absolute Gasteiger partial charge is 0.478 e. The number of carboxylic acid groups (broad SMARTS) is 1. The predicted octanol–water partition coefficient (Wildman–Crippen LogP) is 6.11. The molecule has 0 unspecified atom stereocenters. The van der Waals surface area contributed by atoms with Crippen molar-refractivity contribution in [3.63, 3.8) is 0 Å². The second-order valence-corrected chi connectivity index (χ2v) is 7.64. The number of thiazole rings is 1. The molecule has 0 spiro atoms. The first-order valence-electron chi connectivity index (χ1n) is 6.89. The second kappa shape index (κ2) is 7.57. The number of nitrogens with zero attached hydrogens (tertiary/aromatic N) is 1. The first kappa shape index (κ1) is 17.3. The van der Waals surface area contributed by atoms with E-state index in [0.29, 0.717) is 21.4 Å². The minimum atomic E-state index is -0.925. The van der Waals surface area contributed by atoms with Gasteiger partial charge in [-0.25, -0.2) is 9.78 Å². The molecule has 3 aromatic rings. The summed E-state index contributed by atoms with van der Waals surface area (Å²) in [7, 11) is 0. The second-order valence-electron chi connectivity index (χ2n) is 4.84. The number of aromatic nitrogens is 1. The number of aromatic carboxylic acids is 1. The van der Waals surface area contributed by atoms with Gasteiger partial charge in [-0.3, -0.25) is 0 Å². The van der Waals surface area contributed by atoms with E-state index < -0.39 is 5.97 Å². The van der Waals surface area contributed by atoms with Crippen molar-refractivity contribution in [3.8, 4) is 11.3 Å². The maximum Gasteiger partial charge on any atom is 0.336 e. The van der Waals surface area contributed by atoms with Gasteiger partial charge in [-0.15, -0.1) is 23.1 Å². The molecule has 1 heterocycles. The predicted molar refractivity (Wildman–Crippen MR) is 101 cm³/mol. The Balaban J connectivity index is 1.77. The third kappa shape index (κ3) is 3.92. The van der Waals surface area contributed by atoms with Crippen molar-refractivity contribution < 1.29 is 9.90 Å². The molecule has 3 nitrogen and oxygen atoms in total. The molecule has 0 atom stereocenters. The number of hydrogen-bond acceptors (Lipinski definition) is 4. The Labute approximate surface area is 157 Å². The number of carbonyl (C=O) groups is 1. The van der Waals surface area contributed by atoms with Crippen LogP contribution in [0, 0.1) is 0 Å². The van der Waals surface area contributed by atoms with E-state index in [1.54, 1.807) is 30.3 Å². The fraction of sp³-hybridized carbons (Fsp3) is 0.0588. The van der Waals surface area contributed by atoms with E-state index in [4.69, 9.17) is 23.2 Å². The molecule has 2 aromatic carbocycles. The van der Waals surface area contributed by atoms with Crippen LogP contribution in [-0.4, -0.2) is 16.1 Å². The van der Waals surface area contributed by atoms with Gasteiger partial charge in [0.2, 0.25) is 0 Å². The van der Waals surface area contributed by atoms with Crippen LogP contribution in [0.5, 0.6) is 0 Å². The molecule has 0 saturated heterocycles. The van der Waals surface area contributed by atoms with Crippen LogP contribution in [-0.2, 0) is 5.75 Å². The highest BCUT2D eigenvalue weighted by Crippen LogP contribution is 2.33. The number of rotatable bonds is 5. The van der Waals surface area contributed by atoms with Gasteiger partial charge in [-0.2, -0.15) is 0 Å². The van der Waals surface area contributed by atoms with Crippen molar-refractivity contribution in [2.75, 3.05) is 0 Å². The molecule has 0 amide bonds. The van der Waals surface area contributed by atoms with Crippen LogP contribution in [0.25, 0.3) is 11.3 Å². The summed E-state index contributed by atoms with van der Waals surface area (Å²) in [6, 6.07) is 12.3. The van der Waals surface area contributed by atoms with Gasteiger partial charge in [-0.05, 0) is 30.3 Å². The van der Waals surface area contributed by atoms with Crippen LogP contribution in [0.1, 0.15) is 15.4 Å². The Morgan fingerprint density at radius 2 is 2.00 bits per heavy atom. The van der Waals surface area contributed by atoms with Gasteiger partial charge in [0.25, 0.3) is 0 Å². The Morgan fingerprint density at radius 3 is 2.75 bits per heavy atom. The molecule has 0 bridgehead atoms. The third-order valence-corrected chi connectivity index (χ3v) is 5.89. The first-order valence-corrected chi connectivity index (χ1v) is 9.51. The van der Waals surface area contributed by atoms with Crippen LogP contribution >= 0.6 is 46.3 Å². The topological polar surface area (TPSA) is 50.2 Å². The summed E-state index contributed by atoms with van der Waals surface area (Å²) in [5.41, 5.74) is 1.93. The molecule has 0 aliphatic heterocycles. The lowest BCUT2D eigenvalue weighted by Gasteiger charge is -2.04. The lowest BCUT2D eigenvalue weighted by Crippen LogP contribution is -1.98. The van der Waals surface area contributed by atoms with E-state index in [0.717, 1.165) is 21.2 Å². The van der Waals surface area contributed by atoms with Crippen molar-refractivity contribution >= 4 is 52.3 Å². The van der Waals surface area contributed by atoms with Crippen molar-refractivity contribution in [2.45, 2.75) is 10.6 Å². The minimum Gasteiger partial charge on any atom is -0.478 e. The molecule has 0 saturated carbocycles. The Morgan fingerprint density at radius 1 is 1.21 bits per heavy atom. The van der Waals surface area contributed by atoms with Gasteiger partial charge in [-0.1, -0.05) is 35.3 Å². The smallest absolute Gasteiger partial charge is 0.336 e. The molecular weight excluding hydrogens is 385 g/mol. The molecule has 1 aromatic heterocycles. The summed E-state index contributed by atoms with van der Waals surface area (Å²) in [5.74, 6) is -0.328. The molecule has 3 rings (SSSR count). The Hall–Kier alpha value is -1.53. The van der Waals surface area contributed by atoms with E-state index >= 15 is 0 Å². The van der Waals surface area contributed by atoms with Crippen LogP contribution in [0.4, 0.5) is 0 Å². The van der Waals surface area contributed by atoms with Gasteiger partial charge in [0, 0.05) is 20.9 Å². The van der Waals surface area contributed by atoms with E-state index in [1.165, 1.54) is 23.1 Å². The van der Waals surface area contributed by atoms with Crippen molar-refractivity contribution in [3.05, 3.63) is 68.5 Å². The van der Waals surface area contributed by atoms with E-state index in [9.17, 15) is 9.90 Å². The van der Waals surface area contributed by atoms with Crippen molar-refractivity contribution in [1.82, 2.24) is 4.98 Å². The average Bonchev–Trinajstić information content (AvgIpc) is 3.01. The highest BCUT2D eigenvalue weighted by Gasteiger charge is 2.12. The van der Waals surface area contributed by atoms with Crippen LogP contribution in [0.3, 0.4) is 0 Å². The highest BCUT2D eigenvalue weighted by molar-refractivity contribution is 7.98. The Bertz CT molecular complexity index is 896. The normalized spacial score (nSPS) is 10.8. The van der Waals surface area contributed by atoms with Crippen molar-refractivity contribution in [2.24, 2.45) is 0 Å². The summed E-state index contributed by atoms with van der Waals surface area (Å²) in [5, 5.41) is 13.2. The quantitative estimate of drug-likeness (QED) is 0.529. The number of halogens is 2. The Kier molecular flexibility index (Phi) is 5.46. The molecule has 122 valence electrons. The van der Waals surface area contributed by atoms with Gasteiger partial charge in [0.05, 0.1) is 22.0 Å². The molecule has 7 heteroatoms. The number of benzene rings is 2. The maximum atomic E-state index is 11.2. The molecule has 0 aliphatic carbocycles. The maximum absolute atomic E-state index is 11.2.